The summed E-state index contributed by atoms with van der Waals surface area (Å²) in [5.74, 6) is -2.05. The number of unbranched alkanes of at least 4 members (excludes halogenated alkanes) is 3. The quantitative estimate of drug-likeness (QED) is 0.0128. The van der Waals surface area contributed by atoms with Crippen molar-refractivity contribution in [3.05, 3.63) is 59.7 Å². The van der Waals surface area contributed by atoms with Crippen molar-refractivity contribution in [2.24, 2.45) is 65.7 Å². The molecular formula is C54H83N15O12S2. The lowest BCUT2D eigenvalue weighted by atomic mass is 9.85. The number of amides is 5. The van der Waals surface area contributed by atoms with Gasteiger partial charge >= 0.3 is 5.97 Å². The average molecular weight is 1200 g/mol. The number of nitrogens with two attached hydrogens (primary N) is 7. The Morgan fingerprint density at radius 2 is 1.02 bits per heavy atom. The number of carbonyl (C=O) groups excluding carboxylic acids is 7. The van der Waals surface area contributed by atoms with Gasteiger partial charge in [-0.05, 0) is 35.1 Å². The van der Waals surface area contributed by atoms with E-state index < -0.39 is 29.3 Å². The van der Waals surface area contributed by atoms with Gasteiger partial charge in [-0.2, -0.15) is 23.5 Å². The molecule has 0 atom stereocenters. The fourth-order valence-corrected chi connectivity index (χ4v) is 11.3. The Morgan fingerprint density at radius 3 is 1.47 bits per heavy atom. The van der Waals surface area contributed by atoms with Crippen LogP contribution in [-0.2, 0) is 57.3 Å². The van der Waals surface area contributed by atoms with Crippen LogP contribution in [0.1, 0.15) is 81.3 Å². The number of Topliss-reactive ketones (excluding diaryl/α,β-unsaturated/α-hetero) is 1. The van der Waals surface area contributed by atoms with Crippen LogP contribution in [0, 0.1) is 5.41 Å². The van der Waals surface area contributed by atoms with Gasteiger partial charge in [0.25, 0.3) is 0 Å². The van der Waals surface area contributed by atoms with E-state index in [0.717, 1.165) is 17.5 Å². The van der Waals surface area contributed by atoms with Gasteiger partial charge in [-0.3, -0.25) is 48.5 Å². The molecule has 2 aromatic rings. The molecule has 0 aromatic heterocycles. The van der Waals surface area contributed by atoms with Crippen molar-refractivity contribution in [2.45, 2.75) is 75.7 Å². The molecule has 1 fully saturated rings. The lowest BCUT2D eigenvalue weighted by molar-refractivity contribution is -0.144. The Hall–Kier alpha value is -7.21. The molecule has 0 radical (unpaired) electrons. The van der Waals surface area contributed by atoms with Gasteiger partial charge in [0, 0.05) is 92.5 Å². The predicted molar refractivity (Wildman–Crippen MR) is 320 cm³/mol. The van der Waals surface area contributed by atoms with Crippen LogP contribution in [0.5, 0.6) is 0 Å². The predicted octanol–water partition coefficient (Wildman–Crippen LogP) is -0.790. The van der Waals surface area contributed by atoms with E-state index in [4.69, 9.17) is 63.9 Å². The minimum absolute atomic E-state index is 0.00682. The first-order valence-corrected chi connectivity index (χ1v) is 29.7. The summed E-state index contributed by atoms with van der Waals surface area (Å²) in [7, 11) is 0. The van der Waals surface area contributed by atoms with Crippen molar-refractivity contribution in [3.8, 4) is 11.1 Å². The van der Waals surface area contributed by atoms with E-state index in [2.05, 4.69) is 65.7 Å². The first-order chi connectivity index (χ1) is 39.9. The molecule has 2 aromatic carbocycles. The fraction of sp³-hybridized carbons (Fsp3) is 0.574. The highest BCUT2D eigenvalue weighted by molar-refractivity contribution is 8.02. The summed E-state index contributed by atoms with van der Waals surface area (Å²) in [6.45, 7) is 0.279. The highest BCUT2D eigenvalue weighted by atomic mass is 32.2. The van der Waals surface area contributed by atoms with E-state index in [0.29, 0.717) is 36.5 Å². The first-order valence-electron chi connectivity index (χ1n) is 27.4. The van der Waals surface area contributed by atoms with E-state index in [1.807, 2.05) is 24.3 Å². The van der Waals surface area contributed by atoms with Crippen LogP contribution in [0.2, 0.25) is 0 Å². The smallest absolute Gasteiger partial charge is 0.305 e. The third kappa shape index (κ3) is 26.7. The number of carbonyl (C=O) groups is 7. The number of ether oxygens (including phenoxy) is 4. The minimum atomic E-state index is -1.32. The van der Waals surface area contributed by atoms with Crippen molar-refractivity contribution in [3.63, 3.8) is 0 Å². The molecule has 0 unspecified atom stereocenters. The fourth-order valence-electron chi connectivity index (χ4n) is 8.73. The van der Waals surface area contributed by atoms with Crippen LogP contribution in [0.4, 0.5) is 0 Å². The van der Waals surface area contributed by atoms with Crippen molar-refractivity contribution < 1.29 is 57.3 Å². The molecule has 458 valence electrons. The maximum Gasteiger partial charge on any atom is 0.305 e. The SMILES string of the molecule is NC(=O)C1(NC(=O)CCCCCCC(=O)OCC2c3ccccc3-c3ccccc32)CSCC(=NOCC(=O)CC(COCCC(=O)NCCN=C(N)N)(COCCC(=O)NCCN=C(N)N)COCCC(=O)NCCN=C(N)N)CSC1. The number of oxime groups is 1. The van der Waals surface area contributed by atoms with Crippen LogP contribution in [0.25, 0.3) is 11.1 Å². The summed E-state index contributed by atoms with van der Waals surface area (Å²) in [6, 6.07) is 16.4. The molecular weight excluding hydrogens is 1110 g/mol. The number of hydrogen-bond acceptors (Lipinski definition) is 18. The highest BCUT2D eigenvalue weighted by Gasteiger charge is 2.40. The van der Waals surface area contributed by atoms with Gasteiger partial charge in [0.15, 0.2) is 30.3 Å². The van der Waals surface area contributed by atoms with Crippen LogP contribution in [0.15, 0.2) is 68.7 Å². The maximum absolute atomic E-state index is 13.8. The largest absolute Gasteiger partial charge is 0.465 e. The summed E-state index contributed by atoms with van der Waals surface area (Å²) in [6.07, 6.45) is 2.68. The monoisotopic (exact) mass is 1200 g/mol. The highest BCUT2D eigenvalue weighted by Crippen LogP contribution is 2.44. The Bertz CT molecular complexity index is 2400. The maximum atomic E-state index is 13.8. The normalized spacial score (nSPS) is 14.7. The Kier molecular flexibility index (Phi) is 31.1. The summed E-state index contributed by atoms with van der Waals surface area (Å²) in [4.78, 5) is 107. The molecule has 0 bridgehead atoms. The molecule has 5 amide bonds. The molecule has 18 N–H and O–H groups in total. The van der Waals surface area contributed by atoms with Crippen LogP contribution in [0.3, 0.4) is 0 Å². The third-order valence-corrected chi connectivity index (χ3v) is 15.3. The lowest BCUT2D eigenvalue weighted by Gasteiger charge is -2.33. The van der Waals surface area contributed by atoms with E-state index in [-0.39, 0.29) is 189 Å². The van der Waals surface area contributed by atoms with E-state index >= 15 is 0 Å². The van der Waals surface area contributed by atoms with E-state index in [9.17, 15) is 33.6 Å². The molecule has 0 saturated carbocycles. The van der Waals surface area contributed by atoms with Crippen molar-refractivity contribution in [1.82, 2.24) is 21.3 Å². The van der Waals surface area contributed by atoms with E-state index in [1.165, 1.54) is 34.7 Å². The van der Waals surface area contributed by atoms with Crippen LogP contribution in [-0.4, -0.2) is 186 Å². The number of benzene rings is 2. The molecule has 27 nitrogen and oxygen atoms in total. The minimum Gasteiger partial charge on any atom is -0.465 e. The zero-order chi connectivity index (χ0) is 60.3. The molecule has 29 heteroatoms. The number of primary amides is 1. The van der Waals surface area contributed by atoms with Gasteiger partial charge in [-0.15, -0.1) is 0 Å². The molecule has 2 aliphatic rings. The van der Waals surface area contributed by atoms with Crippen molar-refractivity contribution in [1.29, 1.82) is 0 Å². The number of hydrogen-bond donors (Lipinski definition) is 11. The van der Waals surface area contributed by atoms with Crippen molar-refractivity contribution >= 4 is 88.4 Å². The molecule has 1 aliphatic carbocycles. The number of thioether (sulfide) groups is 2. The summed E-state index contributed by atoms with van der Waals surface area (Å²) in [5.41, 5.74) is 40.7. The molecule has 1 heterocycles. The summed E-state index contributed by atoms with van der Waals surface area (Å²) >= 11 is 2.67. The van der Waals surface area contributed by atoms with Gasteiger partial charge in [-0.25, -0.2) is 0 Å². The number of nitrogens with one attached hydrogen (secondary N) is 4. The van der Waals surface area contributed by atoms with Gasteiger partial charge in [0.2, 0.25) is 29.5 Å². The second-order valence-electron chi connectivity index (χ2n) is 19.8. The second-order valence-corrected chi connectivity index (χ2v) is 21.8. The standard InChI is InChI=1S/C54H83N15O12S2/c55-49(76)54(68-47(74)13-3-1-2-4-14-48(75)80-29-43-41-11-7-5-9-39(41)40-10-6-8-12-42(40)43)35-82-30-37(31-83-36-54)69-81-28-38(70)27-53(32-77-24-15-44(71)62-18-21-65-50(56)57,33-78-25-16-45(72)63-19-22-66-51(58)59)34-79-26-17-46(73)64-20-23-67-52(60)61/h5-12,43H,1-4,13-36H2,(H2,55,76)(H,62,71)(H,63,72)(H,64,73)(H,68,74)(H4,56,57,65)(H4,58,59,66)(H4,60,61,67). The van der Waals surface area contributed by atoms with Gasteiger partial charge in [-0.1, -0.05) is 66.5 Å². The third-order valence-electron chi connectivity index (χ3n) is 12.8. The summed E-state index contributed by atoms with van der Waals surface area (Å²) < 4.78 is 23.7. The van der Waals surface area contributed by atoms with Gasteiger partial charge < -0.3 is 85.2 Å². The topological polar surface area (TPSA) is 445 Å². The average Bonchev–Trinajstić information content (AvgIpc) is 3.87. The van der Waals surface area contributed by atoms with E-state index in [1.54, 1.807) is 0 Å². The number of rotatable bonds is 40. The summed E-state index contributed by atoms with van der Waals surface area (Å²) in [5, 5.41) is 15.2. The molecule has 1 saturated heterocycles. The van der Waals surface area contributed by atoms with Gasteiger partial charge in [0.05, 0.1) is 65.0 Å². The lowest BCUT2D eigenvalue weighted by Crippen LogP contribution is -2.61. The molecule has 83 heavy (non-hydrogen) atoms. The van der Waals surface area contributed by atoms with Crippen LogP contribution < -0.4 is 61.4 Å². The second kappa shape index (κ2) is 37.8. The first kappa shape index (κ1) is 68.3. The number of ketones is 1. The zero-order valence-electron chi connectivity index (χ0n) is 47.0. The van der Waals surface area contributed by atoms with Crippen molar-refractivity contribution in [2.75, 3.05) is 115 Å². The Morgan fingerprint density at radius 1 is 0.578 bits per heavy atom. The molecule has 4 rings (SSSR count). The Balaban J connectivity index is 1.27. The Labute approximate surface area is 492 Å². The number of aliphatic imine (C=N–C) groups is 3. The van der Waals surface area contributed by atoms with Gasteiger partial charge in [0.1, 0.15) is 12.1 Å². The number of fused-ring (bicyclic) bond motifs is 3. The molecule has 0 spiro atoms. The number of guanidine groups is 3. The number of esters is 1. The zero-order valence-corrected chi connectivity index (χ0v) is 48.7. The number of nitrogens with zero attached hydrogens (tertiary/aromatic N) is 4. The van der Waals surface area contributed by atoms with Crippen LogP contribution >= 0.6 is 23.5 Å². The molecule has 1 aliphatic heterocycles.